The van der Waals surface area contributed by atoms with Crippen LogP contribution in [0.1, 0.15) is 11.4 Å². The molecule has 1 aliphatic heterocycles. The highest BCUT2D eigenvalue weighted by molar-refractivity contribution is 5.74. The first kappa shape index (κ1) is 23.2. The summed E-state index contributed by atoms with van der Waals surface area (Å²) in [6, 6.07) is 9.91. The first-order valence-corrected chi connectivity index (χ1v) is 10.00. The first-order chi connectivity index (χ1) is 14.7. The minimum Gasteiger partial charge on any atom is -0.469 e. The third-order valence-corrected chi connectivity index (χ3v) is 5.74. The monoisotopic (exact) mass is 440 g/mol. The largest absolute Gasteiger partial charge is 0.469 e. The summed E-state index contributed by atoms with van der Waals surface area (Å²) in [4.78, 5) is 20.1. The number of carbonyl (C=O) groups is 1. The van der Waals surface area contributed by atoms with Gasteiger partial charge in [-0.25, -0.2) is 4.98 Å². The Morgan fingerprint density at radius 2 is 1.77 bits per heavy atom. The van der Waals surface area contributed by atoms with Gasteiger partial charge in [0.05, 0.1) is 7.11 Å². The lowest BCUT2D eigenvalue weighted by molar-refractivity contribution is -0.291. The second kappa shape index (κ2) is 9.37. The number of aryl methyl sites for hydroxylation is 1. The van der Waals surface area contributed by atoms with E-state index in [4.69, 9.17) is 0 Å². The molecular formula is C21H27F3N4O3. The van der Waals surface area contributed by atoms with Crippen molar-refractivity contribution in [3.8, 4) is 0 Å². The van der Waals surface area contributed by atoms with Gasteiger partial charge in [-0.15, -0.1) is 0 Å². The third kappa shape index (κ3) is 4.91. The van der Waals surface area contributed by atoms with Gasteiger partial charge in [-0.1, -0.05) is 30.3 Å². The topological polar surface area (TPSA) is 70.8 Å². The molecule has 0 amide bonds. The zero-order chi connectivity index (χ0) is 22.6. The molecule has 1 aromatic carbocycles. The van der Waals surface area contributed by atoms with E-state index >= 15 is 0 Å². The number of alkyl halides is 3. The zero-order valence-electron chi connectivity index (χ0n) is 17.5. The Hall–Kier alpha value is -2.43. The van der Waals surface area contributed by atoms with Crippen LogP contribution in [-0.4, -0.2) is 76.4 Å². The Kier molecular flexibility index (Phi) is 7.03. The predicted octanol–water partition coefficient (Wildman–Crippen LogP) is 1.78. The van der Waals surface area contributed by atoms with E-state index in [0.717, 1.165) is 30.0 Å². The van der Waals surface area contributed by atoms with Crippen LogP contribution in [0.25, 0.3) is 0 Å². The molecule has 7 nitrogen and oxygen atoms in total. The second-order valence-corrected chi connectivity index (χ2v) is 7.76. The molecule has 0 spiro atoms. The number of hydrogen-bond donors (Lipinski definition) is 1. The smallest absolute Gasteiger partial charge is 0.425 e. The number of benzene rings is 1. The molecule has 0 unspecified atom stereocenters. The molecule has 1 saturated heterocycles. The van der Waals surface area contributed by atoms with E-state index in [1.54, 1.807) is 4.90 Å². The third-order valence-electron chi connectivity index (χ3n) is 5.74. The molecule has 2 atom stereocenters. The fourth-order valence-corrected chi connectivity index (χ4v) is 3.96. The van der Waals surface area contributed by atoms with Crippen molar-refractivity contribution in [2.45, 2.75) is 18.3 Å². The fourth-order valence-electron chi connectivity index (χ4n) is 3.96. The van der Waals surface area contributed by atoms with E-state index in [1.807, 2.05) is 30.3 Å². The maximum atomic E-state index is 14.1. The van der Waals surface area contributed by atoms with Crippen LogP contribution in [0.4, 0.5) is 13.2 Å². The summed E-state index contributed by atoms with van der Waals surface area (Å²) < 4.78 is 48.1. The Morgan fingerprint density at radius 3 is 2.29 bits per heavy atom. The van der Waals surface area contributed by atoms with E-state index in [-0.39, 0.29) is 6.54 Å². The maximum Gasteiger partial charge on any atom is 0.425 e. The van der Waals surface area contributed by atoms with Crippen molar-refractivity contribution in [2.24, 2.45) is 13.0 Å². The van der Waals surface area contributed by atoms with E-state index in [0.29, 0.717) is 26.2 Å². The highest BCUT2D eigenvalue weighted by Crippen LogP contribution is 2.44. The molecule has 2 heterocycles. The number of esters is 1. The van der Waals surface area contributed by atoms with Crippen LogP contribution in [0.3, 0.4) is 0 Å². The SMILES string of the molecule is COC(=O)[C@H](CN1CCN(Cc2ccccc2)CC1)[C@@](O)(c1nccn1C)C(F)(F)F. The second-order valence-electron chi connectivity index (χ2n) is 7.76. The molecule has 170 valence electrons. The van der Waals surface area contributed by atoms with Crippen molar-refractivity contribution in [3.05, 3.63) is 54.1 Å². The molecule has 0 aliphatic carbocycles. The Bertz CT molecular complexity index is 866. The van der Waals surface area contributed by atoms with Crippen LogP contribution < -0.4 is 0 Å². The lowest BCUT2D eigenvalue weighted by Crippen LogP contribution is -2.58. The minimum atomic E-state index is -5.12. The number of carbonyl (C=O) groups excluding carboxylic acids is 1. The van der Waals surface area contributed by atoms with Crippen molar-refractivity contribution >= 4 is 5.97 Å². The van der Waals surface area contributed by atoms with Gasteiger partial charge in [0.25, 0.3) is 0 Å². The van der Waals surface area contributed by atoms with Gasteiger partial charge in [-0.3, -0.25) is 14.6 Å². The summed E-state index contributed by atoms with van der Waals surface area (Å²) in [5.41, 5.74) is -2.32. The number of rotatable bonds is 7. The van der Waals surface area contributed by atoms with E-state index < -0.39 is 29.5 Å². The van der Waals surface area contributed by atoms with E-state index in [2.05, 4.69) is 14.6 Å². The number of aliphatic hydroxyl groups is 1. The molecule has 3 rings (SSSR count). The van der Waals surface area contributed by atoms with Gasteiger partial charge in [-0.2, -0.15) is 13.2 Å². The molecular weight excluding hydrogens is 413 g/mol. The van der Waals surface area contributed by atoms with Crippen molar-refractivity contribution in [1.82, 2.24) is 19.4 Å². The molecule has 0 radical (unpaired) electrons. The first-order valence-electron chi connectivity index (χ1n) is 10.00. The van der Waals surface area contributed by atoms with Crippen LogP contribution in [0.5, 0.6) is 0 Å². The number of halogens is 3. The quantitative estimate of drug-likeness (QED) is 0.662. The van der Waals surface area contributed by atoms with Gasteiger partial charge >= 0.3 is 12.1 Å². The molecule has 10 heteroatoms. The predicted molar refractivity (Wildman–Crippen MR) is 107 cm³/mol. The zero-order valence-corrected chi connectivity index (χ0v) is 17.5. The standard InChI is InChI=1S/C21H27F3N4O3/c1-26-9-8-25-19(26)20(30,21(22,23)24)17(18(29)31-2)15-28-12-10-27(11-13-28)14-16-6-4-3-5-7-16/h3-9,17,30H,10-15H2,1-2H3/t17-,20+/m0/s1. The van der Waals surface area contributed by atoms with Crippen LogP contribution in [0.15, 0.2) is 42.7 Å². The summed E-state index contributed by atoms with van der Waals surface area (Å²) in [5, 5.41) is 10.9. The van der Waals surface area contributed by atoms with Gasteiger partial charge in [0.1, 0.15) is 5.92 Å². The van der Waals surface area contributed by atoms with Gasteiger partial charge in [0.2, 0.25) is 5.60 Å². The molecule has 0 saturated carbocycles. The van der Waals surface area contributed by atoms with Crippen LogP contribution >= 0.6 is 0 Å². The van der Waals surface area contributed by atoms with Crippen molar-refractivity contribution in [1.29, 1.82) is 0 Å². The molecule has 1 N–H and O–H groups in total. The van der Waals surface area contributed by atoms with Crippen molar-refractivity contribution < 1.29 is 27.8 Å². The molecule has 1 aromatic heterocycles. The average Bonchev–Trinajstić information content (AvgIpc) is 3.18. The highest BCUT2D eigenvalue weighted by atomic mass is 19.4. The normalized spacial score (nSPS) is 19.0. The maximum absolute atomic E-state index is 14.1. The van der Waals surface area contributed by atoms with E-state index in [9.17, 15) is 23.1 Å². The number of hydrogen-bond acceptors (Lipinski definition) is 6. The summed E-state index contributed by atoms with van der Waals surface area (Å²) in [7, 11) is 2.36. The van der Waals surface area contributed by atoms with Crippen LogP contribution in [0.2, 0.25) is 0 Å². The number of aromatic nitrogens is 2. The summed E-state index contributed by atoms with van der Waals surface area (Å²) >= 11 is 0. The lowest BCUT2D eigenvalue weighted by atomic mass is 9.84. The van der Waals surface area contributed by atoms with Gasteiger partial charge in [0, 0.05) is 58.7 Å². The summed E-state index contributed by atoms with van der Waals surface area (Å²) in [6.45, 7) is 2.65. The Balaban J connectivity index is 1.76. The molecule has 0 bridgehead atoms. The van der Waals surface area contributed by atoms with Crippen molar-refractivity contribution in [2.75, 3.05) is 39.8 Å². The fraction of sp³-hybridized carbons (Fsp3) is 0.524. The molecule has 31 heavy (non-hydrogen) atoms. The highest BCUT2D eigenvalue weighted by Gasteiger charge is 2.65. The van der Waals surface area contributed by atoms with E-state index in [1.165, 1.54) is 13.2 Å². The number of methoxy groups -OCH3 is 1. The average molecular weight is 440 g/mol. The Morgan fingerprint density at radius 1 is 1.16 bits per heavy atom. The molecule has 1 aliphatic rings. The van der Waals surface area contributed by atoms with Gasteiger partial charge < -0.3 is 14.4 Å². The summed E-state index contributed by atoms with van der Waals surface area (Å²) in [6.07, 6.45) is -2.68. The van der Waals surface area contributed by atoms with Gasteiger partial charge in [0.15, 0.2) is 5.82 Å². The molecule has 2 aromatic rings. The van der Waals surface area contributed by atoms with Gasteiger partial charge in [-0.05, 0) is 5.56 Å². The van der Waals surface area contributed by atoms with Crippen LogP contribution in [0, 0.1) is 5.92 Å². The lowest BCUT2D eigenvalue weighted by Gasteiger charge is -2.40. The Labute approximate surface area is 179 Å². The number of ether oxygens (including phenoxy) is 1. The van der Waals surface area contributed by atoms with Crippen molar-refractivity contribution in [3.63, 3.8) is 0 Å². The number of imidazole rings is 1. The summed E-state index contributed by atoms with van der Waals surface area (Å²) in [5.74, 6) is -3.65. The minimum absolute atomic E-state index is 0.297. The number of piperazine rings is 1. The number of nitrogens with zero attached hydrogens (tertiary/aromatic N) is 4. The van der Waals surface area contributed by atoms with Crippen LogP contribution in [-0.2, 0) is 28.7 Å². The molecule has 1 fully saturated rings.